The lowest BCUT2D eigenvalue weighted by Crippen LogP contribution is -2.15. The molecule has 0 radical (unpaired) electrons. The Labute approximate surface area is 121 Å². The predicted octanol–water partition coefficient (Wildman–Crippen LogP) is 3.64. The first-order valence-corrected chi connectivity index (χ1v) is 6.81. The number of benzene rings is 1. The van der Waals surface area contributed by atoms with Crippen molar-refractivity contribution in [2.24, 2.45) is 0 Å². The van der Waals surface area contributed by atoms with Gasteiger partial charge in [0, 0.05) is 10.7 Å². The quantitative estimate of drug-likeness (QED) is 0.938. The molecule has 0 aliphatic carbocycles. The largest absolute Gasteiger partial charge is 0.310 e. The standard InChI is InChI=1S/C15H15BrN2O/c1-10-3-4-11(2)12(7-10)8-15(19)18-14-9-13(16)5-6-17-14/h3-7,9H,8H2,1-2H3,(H,17,18,19). The molecule has 1 amide bonds. The maximum atomic E-state index is 12.0. The van der Waals surface area contributed by atoms with Crippen LogP contribution in [0.4, 0.5) is 5.82 Å². The van der Waals surface area contributed by atoms with Crippen LogP contribution in [0.1, 0.15) is 16.7 Å². The Morgan fingerprint density at radius 1 is 1.26 bits per heavy atom. The normalized spacial score (nSPS) is 10.3. The van der Waals surface area contributed by atoms with Crippen molar-refractivity contribution in [2.75, 3.05) is 5.32 Å². The number of hydrogen-bond donors (Lipinski definition) is 1. The summed E-state index contributed by atoms with van der Waals surface area (Å²) < 4.78 is 0.893. The number of carbonyl (C=O) groups is 1. The molecule has 0 aliphatic rings. The van der Waals surface area contributed by atoms with Crippen LogP contribution in [0.3, 0.4) is 0 Å². The molecule has 0 saturated carbocycles. The van der Waals surface area contributed by atoms with Crippen molar-refractivity contribution < 1.29 is 4.79 Å². The average molecular weight is 319 g/mol. The number of halogens is 1. The zero-order chi connectivity index (χ0) is 13.8. The molecule has 0 atom stereocenters. The Hall–Kier alpha value is -1.68. The number of anilines is 1. The van der Waals surface area contributed by atoms with Gasteiger partial charge >= 0.3 is 0 Å². The third kappa shape index (κ3) is 3.89. The minimum atomic E-state index is -0.0562. The van der Waals surface area contributed by atoms with Crippen molar-refractivity contribution in [1.29, 1.82) is 0 Å². The van der Waals surface area contributed by atoms with Gasteiger partial charge in [0.1, 0.15) is 5.82 Å². The van der Waals surface area contributed by atoms with Crippen LogP contribution in [0.15, 0.2) is 41.0 Å². The summed E-state index contributed by atoms with van der Waals surface area (Å²) in [7, 11) is 0. The highest BCUT2D eigenvalue weighted by atomic mass is 79.9. The number of hydrogen-bond acceptors (Lipinski definition) is 2. The maximum Gasteiger partial charge on any atom is 0.229 e. The zero-order valence-electron chi connectivity index (χ0n) is 10.9. The highest BCUT2D eigenvalue weighted by molar-refractivity contribution is 9.10. The van der Waals surface area contributed by atoms with Gasteiger partial charge in [-0.1, -0.05) is 39.7 Å². The summed E-state index contributed by atoms with van der Waals surface area (Å²) >= 11 is 3.35. The van der Waals surface area contributed by atoms with E-state index < -0.39 is 0 Å². The van der Waals surface area contributed by atoms with Crippen LogP contribution in [-0.2, 0) is 11.2 Å². The molecule has 0 bridgehead atoms. The lowest BCUT2D eigenvalue weighted by Gasteiger charge is -2.08. The number of nitrogens with zero attached hydrogens (tertiary/aromatic N) is 1. The van der Waals surface area contributed by atoms with Crippen LogP contribution in [0.5, 0.6) is 0 Å². The summed E-state index contributed by atoms with van der Waals surface area (Å²) in [4.78, 5) is 16.1. The van der Waals surface area contributed by atoms with E-state index in [0.717, 1.165) is 21.2 Å². The topological polar surface area (TPSA) is 42.0 Å². The molecular formula is C15H15BrN2O. The van der Waals surface area contributed by atoms with Gasteiger partial charge in [-0.2, -0.15) is 0 Å². The molecule has 4 heteroatoms. The van der Waals surface area contributed by atoms with Crippen molar-refractivity contribution >= 4 is 27.7 Å². The van der Waals surface area contributed by atoms with Crippen molar-refractivity contribution in [1.82, 2.24) is 4.98 Å². The molecule has 0 spiro atoms. The second-order valence-corrected chi connectivity index (χ2v) is 5.43. The van der Waals surface area contributed by atoms with E-state index in [1.807, 2.05) is 38.1 Å². The highest BCUT2D eigenvalue weighted by Crippen LogP contribution is 2.15. The number of aryl methyl sites for hydroxylation is 2. The summed E-state index contributed by atoms with van der Waals surface area (Å²) in [5.41, 5.74) is 3.34. The maximum absolute atomic E-state index is 12.0. The van der Waals surface area contributed by atoms with E-state index in [1.165, 1.54) is 0 Å². The number of rotatable bonds is 3. The van der Waals surface area contributed by atoms with Crippen LogP contribution >= 0.6 is 15.9 Å². The SMILES string of the molecule is Cc1ccc(C)c(CC(=O)Nc2cc(Br)ccn2)c1. The van der Waals surface area contributed by atoms with E-state index in [9.17, 15) is 4.79 Å². The summed E-state index contributed by atoms with van der Waals surface area (Å²) in [6, 6.07) is 9.73. The smallest absolute Gasteiger partial charge is 0.229 e. The first-order chi connectivity index (χ1) is 9.04. The lowest BCUT2D eigenvalue weighted by atomic mass is 10.0. The Bertz CT molecular complexity index is 611. The van der Waals surface area contributed by atoms with E-state index in [2.05, 4.69) is 26.2 Å². The molecule has 2 aromatic rings. The van der Waals surface area contributed by atoms with Gasteiger partial charge in [0.2, 0.25) is 5.91 Å². The molecule has 1 heterocycles. The van der Waals surface area contributed by atoms with Gasteiger partial charge in [0.25, 0.3) is 0 Å². The van der Waals surface area contributed by atoms with Crippen molar-refractivity contribution in [2.45, 2.75) is 20.3 Å². The third-order valence-electron chi connectivity index (χ3n) is 2.85. The summed E-state index contributed by atoms with van der Waals surface area (Å²) in [6.45, 7) is 4.04. The Morgan fingerprint density at radius 2 is 2.05 bits per heavy atom. The number of aromatic nitrogens is 1. The summed E-state index contributed by atoms with van der Waals surface area (Å²) in [5.74, 6) is 0.504. The summed E-state index contributed by atoms with van der Waals surface area (Å²) in [6.07, 6.45) is 2.01. The number of carbonyl (C=O) groups excluding carboxylic acids is 1. The number of pyridine rings is 1. The van der Waals surface area contributed by atoms with Gasteiger partial charge in [-0.3, -0.25) is 4.79 Å². The highest BCUT2D eigenvalue weighted by Gasteiger charge is 2.07. The van der Waals surface area contributed by atoms with Crippen molar-refractivity contribution in [3.63, 3.8) is 0 Å². The molecule has 19 heavy (non-hydrogen) atoms. The van der Waals surface area contributed by atoms with Crippen LogP contribution in [0.25, 0.3) is 0 Å². The zero-order valence-corrected chi connectivity index (χ0v) is 12.5. The molecule has 98 valence electrons. The van der Waals surface area contributed by atoms with Gasteiger partial charge in [0.05, 0.1) is 6.42 Å². The van der Waals surface area contributed by atoms with E-state index >= 15 is 0 Å². The molecule has 0 fully saturated rings. The van der Waals surface area contributed by atoms with E-state index in [1.54, 1.807) is 12.3 Å². The summed E-state index contributed by atoms with van der Waals surface area (Å²) in [5, 5.41) is 2.80. The minimum absolute atomic E-state index is 0.0562. The van der Waals surface area contributed by atoms with E-state index in [4.69, 9.17) is 0 Å². The first kappa shape index (κ1) is 13.7. The Kier molecular flexibility index (Phi) is 4.32. The molecular weight excluding hydrogens is 304 g/mol. The second-order valence-electron chi connectivity index (χ2n) is 4.51. The first-order valence-electron chi connectivity index (χ1n) is 6.02. The van der Waals surface area contributed by atoms with Crippen molar-refractivity contribution in [3.8, 4) is 0 Å². The fraction of sp³-hybridized carbons (Fsp3) is 0.200. The third-order valence-corrected chi connectivity index (χ3v) is 3.34. The van der Waals surface area contributed by atoms with Gasteiger partial charge in [0.15, 0.2) is 0 Å². The van der Waals surface area contributed by atoms with E-state index in [0.29, 0.717) is 12.2 Å². The fourth-order valence-corrected chi connectivity index (χ4v) is 2.16. The predicted molar refractivity (Wildman–Crippen MR) is 80.2 cm³/mol. The van der Waals surface area contributed by atoms with Crippen LogP contribution in [-0.4, -0.2) is 10.9 Å². The molecule has 1 N–H and O–H groups in total. The van der Waals surface area contributed by atoms with Crippen molar-refractivity contribution in [3.05, 3.63) is 57.7 Å². The van der Waals surface area contributed by atoms with Gasteiger partial charge in [-0.25, -0.2) is 4.98 Å². The number of nitrogens with one attached hydrogen (secondary N) is 1. The van der Waals surface area contributed by atoms with E-state index in [-0.39, 0.29) is 5.91 Å². The fourth-order valence-electron chi connectivity index (χ4n) is 1.82. The number of amides is 1. The van der Waals surface area contributed by atoms with Gasteiger partial charge < -0.3 is 5.32 Å². The molecule has 1 aromatic heterocycles. The molecule has 1 aromatic carbocycles. The van der Waals surface area contributed by atoms with Crippen LogP contribution in [0.2, 0.25) is 0 Å². The van der Waals surface area contributed by atoms with Crippen LogP contribution in [0, 0.1) is 13.8 Å². The molecule has 0 unspecified atom stereocenters. The Balaban J connectivity index is 2.07. The van der Waals surface area contributed by atoms with Gasteiger partial charge in [-0.05, 0) is 37.1 Å². The lowest BCUT2D eigenvalue weighted by molar-refractivity contribution is -0.115. The molecule has 3 nitrogen and oxygen atoms in total. The Morgan fingerprint density at radius 3 is 2.79 bits per heavy atom. The van der Waals surface area contributed by atoms with Crippen LogP contribution < -0.4 is 5.32 Å². The minimum Gasteiger partial charge on any atom is -0.310 e. The monoisotopic (exact) mass is 318 g/mol. The molecule has 0 aliphatic heterocycles. The molecule has 2 rings (SSSR count). The second kappa shape index (κ2) is 5.97. The average Bonchev–Trinajstić information content (AvgIpc) is 2.34. The van der Waals surface area contributed by atoms with Gasteiger partial charge in [-0.15, -0.1) is 0 Å². The molecule has 0 saturated heterocycles.